The molecule has 0 heterocycles. The number of aliphatic carboxylic acids is 1. The van der Waals surface area contributed by atoms with Crippen LogP contribution in [0.3, 0.4) is 0 Å². The van der Waals surface area contributed by atoms with Crippen LogP contribution in [0.15, 0.2) is 0 Å². The summed E-state index contributed by atoms with van der Waals surface area (Å²) in [6.45, 7) is 2.00. The van der Waals surface area contributed by atoms with Crippen molar-refractivity contribution in [3.63, 3.8) is 0 Å². The molecule has 0 spiro atoms. The first-order chi connectivity index (χ1) is 8.51. The number of rotatable bonds is 9. The molecule has 0 saturated heterocycles. The first kappa shape index (κ1) is 17.1. The monoisotopic (exact) mass is 295 g/mol. The summed E-state index contributed by atoms with van der Waals surface area (Å²) in [7, 11) is 0. The van der Waals surface area contributed by atoms with Gasteiger partial charge < -0.3 is 15.2 Å². The van der Waals surface area contributed by atoms with Crippen LogP contribution in [0, 0.1) is 0 Å². The molecule has 1 amide bonds. The van der Waals surface area contributed by atoms with Crippen molar-refractivity contribution < 1.29 is 24.2 Å². The van der Waals surface area contributed by atoms with Crippen LogP contribution in [-0.4, -0.2) is 52.9 Å². The van der Waals surface area contributed by atoms with E-state index in [4.69, 9.17) is 5.11 Å². The molecule has 0 aromatic heterocycles. The Kier molecular flexibility index (Phi) is 9.57. The number of hydrogen-bond acceptors (Lipinski definition) is 6. The van der Waals surface area contributed by atoms with Crippen LogP contribution in [0.2, 0.25) is 0 Å². The van der Waals surface area contributed by atoms with Gasteiger partial charge in [-0.1, -0.05) is 0 Å². The lowest BCUT2D eigenvalue weighted by atomic mass is 10.2. The third-order valence-electron chi connectivity index (χ3n) is 1.81. The fourth-order valence-electron chi connectivity index (χ4n) is 1.05. The summed E-state index contributed by atoms with van der Waals surface area (Å²) in [4.78, 5) is 33.1. The number of thioether (sulfide) groups is 1. The Balaban J connectivity index is 3.88. The summed E-state index contributed by atoms with van der Waals surface area (Å²) >= 11 is 5.00. The number of amides is 1. The number of carbonyl (C=O) groups is 3. The van der Waals surface area contributed by atoms with Gasteiger partial charge in [-0.2, -0.15) is 12.6 Å². The van der Waals surface area contributed by atoms with Crippen LogP contribution < -0.4 is 5.32 Å². The Labute approximate surface area is 115 Å². The van der Waals surface area contributed by atoms with Gasteiger partial charge in [0.15, 0.2) is 0 Å². The predicted octanol–water partition coefficient (Wildman–Crippen LogP) is 0.172. The van der Waals surface area contributed by atoms with Crippen LogP contribution in [0.5, 0.6) is 0 Å². The lowest BCUT2D eigenvalue weighted by molar-refractivity contribution is -0.141. The highest BCUT2D eigenvalue weighted by atomic mass is 32.2. The molecular weight excluding hydrogens is 278 g/mol. The van der Waals surface area contributed by atoms with Gasteiger partial charge >= 0.3 is 11.9 Å². The third-order valence-corrected chi connectivity index (χ3v) is 2.97. The Bertz CT molecular complexity index is 298. The molecule has 0 aliphatic heterocycles. The van der Waals surface area contributed by atoms with Crippen molar-refractivity contribution in [3.8, 4) is 0 Å². The smallest absolute Gasteiger partial charge is 0.326 e. The number of carboxylic acids is 1. The fraction of sp³-hybridized carbons (Fsp3) is 0.700. The molecule has 0 fully saturated rings. The van der Waals surface area contributed by atoms with E-state index in [-0.39, 0.29) is 23.9 Å². The SMILES string of the molecule is CCOC(=O)CSCC(=O)N[C@H](CCS)C(=O)O. The number of nitrogens with one attached hydrogen (secondary N) is 1. The van der Waals surface area contributed by atoms with Gasteiger partial charge in [0.2, 0.25) is 5.91 Å². The summed E-state index contributed by atoms with van der Waals surface area (Å²) in [5, 5.41) is 11.2. The molecule has 0 unspecified atom stereocenters. The van der Waals surface area contributed by atoms with Crippen LogP contribution in [0.4, 0.5) is 0 Å². The van der Waals surface area contributed by atoms with E-state index in [0.29, 0.717) is 12.4 Å². The van der Waals surface area contributed by atoms with Gasteiger partial charge in [-0.05, 0) is 19.1 Å². The van der Waals surface area contributed by atoms with Gasteiger partial charge in [0, 0.05) is 0 Å². The maximum Gasteiger partial charge on any atom is 0.326 e. The number of ether oxygens (including phenoxy) is 1. The summed E-state index contributed by atoms with van der Waals surface area (Å²) in [5.74, 6) is -1.43. The molecule has 104 valence electrons. The molecule has 0 bridgehead atoms. The molecule has 18 heavy (non-hydrogen) atoms. The van der Waals surface area contributed by atoms with E-state index in [0.717, 1.165) is 11.8 Å². The average molecular weight is 295 g/mol. The standard InChI is InChI=1S/C10H17NO5S2/c1-2-16-9(13)6-18-5-8(12)11-7(3-4-17)10(14)15/h7,17H,2-6H2,1H3,(H,11,12)(H,14,15)/t7-/m1/s1. The highest BCUT2D eigenvalue weighted by Gasteiger charge is 2.18. The minimum absolute atomic E-state index is 0.0230. The summed E-state index contributed by atoms with van der Waals surface area (Å²) in [6.07, 6.45) is 0.257. The second kappa shape index (κ2) is 10.1. The van der Waals surface area contributed by atoms with Crippen LogP contribution in [0.1, 0.15) is 13.3 Å². The minimum Gasteiger partial charge on any atom is -0.480 e. The van der Waals surface area contributed by atoms with E-state index in [2.05, 4.69) is 22.7 Å². The number of carbonyl (C=O) groups excluding carboxylic acids is 2. The van der Waals surface area contributed by atoms with Crippen molar-refractivity contribution in [1.82, 2.24) is 5.32 Å². The lowest BCUT2D eigenvalue weighted by Gasteiger charge is -2.12. The van der Waals surface area contributed by atoms with Crippen molar-refractivity contribution in [2.45, 2.75) is 19.4 Å². The van der Waals surface area contributed by atoms with Gasteiger partial charge in [0.1, 0.15) is 6.04 Å². The highest BCUT2D eigenvalue weighted by molar-refractivity contribution is 8.00. The largest absolute Gasteiger partial charge is 0.480 e. The Morgan fingerprint density at radius 1 is 1.39 bits per heavy atom. The molecule has 0 saturated carbocycles. The normalized spacial score (nSPS) is 11.7. The molecule has 0 rings (SSSR count). The first-order valence-electron chi connectivity index (χ1n) is 5.37. The maximum absolute atomic E-state index is 11.4. The zero-order chi connectivity index (χ0) is 14.0. The highest BCUT2D eigenvalue weighted by Crippen LogP contribution is 2.02. The fourth-order valence-corrected chi connectivity index (χ4v) is 1.93. The predicted molar refractivity (Wildman–Crippen MR) is 72.0 cm³/mol. The molecular formula is C10H17NO5S2. The Hall–Kier alpha value is -0.890. The van der Waals surface area contributed by atoms with Crippen molar-refractivity contribution in [2.75, 3.05) is 23.9 Å². The van der Waals surface area contributed by atoms with Crippen LogP contribution in [0.25, 0.3) is 0 Å². The van der Waals surface area contributed by atoms with Crippen molar-refractivity contribution >= 4 is 42.2 Å². The first-order valence-corrected chi connectivity index (χ1v) is 7.16. The average Bonchev–Trinajstić information content (AvgIpc) is 2.28. The number of esters is 1. The lowest BCUT2D eigenvalue weighted by Crippen LogP contribution is -2.42. The number of thiol groups is 1. The second-order valence-corrected chi connectivity index (χ2v) is 4.70. The van der Waals surface area contributed by atoms with Crippen molar-refractivity contribution in [1.29, 1.82) is 0 Å². The topological polar surface area (TPSA) is 92.7 Å². The van der Waals surface area contributed by atoms with E-state index in [9.17, 15) is 14.4 Å². The summed E-state index contributed by atoms with van der Waals surface area (Å²) in [6, 6.07) is -0.932. The van der Waals surface area contributed by atoms with E-state index < -0.39 is 17.9 Å². The molecule has 0 aliphatic carbocycles. The van der Waals surface area contributed by atoms with Gasteiger partial charge in [0.05, 0.1) is 18.1 Å². The third kappa shape index (κ3) is 8.24. The van der Waals surface area contributed by atoms with Gasteiger partial charge in [-0.3, -0.25) is 9.59 Å². The molecule has 2 N–H and O–H groups in total. The molecule has 1 atom stereocenters. The van der Waals surface area contributed by atoms with E-state index in [1.54, 1.807) is 6.92 Å². The molecule has 0 aromatic rings. The van der Waals surface area contributed by atoms with Crippen molar-refractivity contribution in [3.05, 3.63) is 0 Å². The van der Waals surface area contributed by atoms with Gasteiger partial charge in [-0.15, -0.1) is 11.8 Å². The molecule has 0 aromatic carbocycles. The Morgan fingerprint density at radius 3 is 2.56 bits per heavy atom. The zero-order valence-corrected chi connectivity index (χ0v) is 11.8. The van der Waals surface area contributed by atoms with Crippen LogP contribution >= 0.6 is 24.4 Å². The molecule has 6 nitrogen and oxygen atoms in total. The second-order valence-electron chi connectivity index (χ2n) is 3.27. The van der Waals surface area contributed by atoms with E-state index in [1.807, 2.05) is 0 Å². The maximum atomic E-state index is 11.4. The molecule has 0 radical (unpaired) electrons. The Morgan fingerprint density at radius 2 is 2.06 bits per heavy atom. The minimum atomic E-state index is -1.09. The van der Waals surface area contributed by atoms with Crippen LogP contribution in [-0.2, 0) is 19.1 Å². The van der Waals surface area contributed by atoms with E-state index in [1.165, 1.54) is 0 Å². The molecule has 0 aliphatic rings. The van der Waals surface area contributed by atoms with E-state index >= 15 is 0 Å². The zero-order valence-electron chi connectivity index (χ0n) is 10.0. The van der Waals surface area contributed by atoms with Gasteiger partial charge in [0.25, 0.3) is 0 Å². The molecule has 8 heteroatoms. The summed E-state index contributed by atoms with van der Waals surface area (Å²) in [5.41, 5.74) is 0. The number of hydrogen-bond donors (Lipinski definition) is 3. The van der Waals surface area contributed by atoms with Gasteiger partial charge in [-0.25, -0.2) is 4.79 Å². The summed E-state index contributed by atoms with van der Waals surface area (Å²) < 4.78 is 4.69. The van der Waals surface area contributed by atoms with Crippen molar-refractivity contribution in [2.24, 2.45) is 0 Å². The number of carboxylic acid groups (broad SMARTS) is 1. The quantitative estimate of drug-likeness (QED) is 0.415.